The van der Waals surface area contributed by atoms with Crippen LogP contribution in [-0.4, -0.2) is 24.1 Å². The van der Waals surface area contributed by atoms with Crippen molar-refractivity contribution >= 4 is 33.2 Å². The number of nitrogens with zero attached hydrogens (tertiary/aromatic N) is 5. The highest BCUT2D eigenvalue weighted by molar-refractivity contribution is 6.06. The lowest BCUT2D eigenvalue weighted by molar-refractivity contribution is 0.624. The van der Waals surface area contributed by atoms with Crippen LogP contribution in [0.15, 0.2) is 47.3 Å². The first-order valence-electron chi connectivity index (χ1n) is 10.3. The van der Waals surface area contributed by atoms with E-state index in [1.807, 2.05) is 35.8 Å². The molecule has 0 saturated carbocycles. The Kier molecular flexibility index (Phi) is 4.17. The van der Waals surface area contributed by atoms with Crippen LogP contribution in [0.4, 0.5) is 0 Å². The highest BCUT2D eigenvalue weighted by Gasteiger charge is 2.22. The number of hydrogen-bond donors (Lipinski definition) is 0. The second-order valence-electron chi connectivity index (χ2n) is 7.82. The zero-order valence-corrected chi connectivity index (χ0v) is 17.6. The van der Waals surface area contributed by atoms with Gasteiger partial charge in [0.2, 0.25) is 0 Å². The molecule has 30 heavy (non-hydrogen) atoms. The highest BCUT2D eigenvalue weighted by atomic mass is 16.1. The first-order valence-corrected chi connectivity index (χ1v) is 10.3. The minimum Gasteiger partial charge on any atom is -0.296 e. The van der Waals surface area contributed by atoms with Crippen LogP contribution < -0.4 is 5.56 Å². The zero-order valence-electron chi connectivity index (χ0n) is 17.6. The molecule has 0 bridgehead atoms. The van der Waals surface area contributed by atoms with Gasteiger partial charge in [-0.2, -0.15) is 0 Å². The summed E-state index contributed by atoms with van der Waals surface area (Å²) in [6.07, 6.45) is 0.859. The number of aryl methyl sites for hydroxylation is 3. The number of aromatic nitrogens is 5. The van der Waals surface area contributed by atoms with Gasteiger partial charge in [0.15, 0.2) is 11.3 Å². The van der Waals surface area contributed by atoms with Crippen molar-refractivity contribution in [3.8, 4) is 5.69 Å². The van der Waals surface area contributed by atoms with Crippen molar-refractivity contribution in [2.75, 3.05) is 0 Å². The summed E-state index contributed by atoms with van der Waals surface area (Å²) in [6.45, 7) is 8.70. The fraction of sp³-hybridized carbons (Fsp3) is 0.250. The molecule has 0 saturated heterocycles. The number of rotatable bonds is 3. The van der Waals surface area contributed by atoms with Gasteiger partial charge < -0.3 is 0 Å². The topological polar surface area (TPSA) is 65.6 Å². The summed E-state index contributed by atoms with van der Waals surface area (Å²) >= 11 is 0. The second-order valence-corrected chi connectivity index (χ2v) is 7.82. The number of fused-ring (bicyclic) bond motifs is 4. The van der Waals surface area contributed by atoms with Crippen LogP contribution in [-0.2, 0) is 6.54 Å². The molecule has 0 atom stereocenters. The van der Waals surface area contributed by atoms with Crippen LogP contribution in [0.5, 0.6) is 0 Å². The summed E-state index contributed by atoms with van der Waals surface area (Å²) in [6, 6.07) is 14.0. The maximum atomic E-state index is 13.5. The Morgan fingerprint density at radius 3 is 2.37 bits per heavy atom. The maximum absolute atomic E-state index is 13.5. The lowest BCUT2D eigenvalue weighted by Gasteiger charge is -2.12. The number of benzene rings is 2. The molecular weight excluding hydrogens is 374 g/mol. The van der Waals surface area contributed by atoms with Crippen LogP contribution in [0.1, 0.15) is 30.3 Å². The van der Waals surface area contributed by atoms with E-state index in [1.54, 1.807) is 4.57 Å². The predicted molar refractivity (Wildman–Crippen MR) is 120 cm³/mol. The molecule has 0 N–H and O–H groups in total. The van der Waals surface area contributed by atoms with E-state index in [0.717, 1.165) is 34.3 Å². The van der Waals surface area contributed by atoms with Gasteiger partial charge in [-0.3, -0.25) is 13.9 Å². The Bertz CT molecular complexity index is 1510. The van der Waals surface area contributed by atoms with E-state index in [2.05, 4.69) is 39.0 Å². The molecule has 6 heteroatoms. The van der Waals surface area contributed by atoms with Crippen LogP contribution in [0.2, 0.25) is 0 Å². The highest BCUT2D eigenvalue weighted by Crippen LogP contribution is 2.30. The zero-order chi connectivity index (χ0) is 21.0. The van der Waals surface area contributed by atoms with E-state index >= 15 is 0 Å². The lowest BCUT2D eigenvalue weighted by Crippen LogP contribution is -2.24. The van der Waals surface area contributed by atoms with Crippen molar-refractivity contribution in [1.82, 2.24) is 24.1 Å². The van der Waals surface area contributed by atoms with Crippen LogP contribution in [0, 0.1) is 20.8 Å². The molecule has 5 rings (SSSR count). The molecule has 0 aliphatic carbocycles. The Morgan fingerprint density at radius 2 is 1.63 bits per heavy atom. The van der Waals surface area contributed by atoms with E-state index in [1.165, 1.54) is 0 Å². The minimum absolute atomic E-state index is 0.0574. The van der Waals surface area contributed by atoms with Gasteiger partial charge in [-0.15, -0.1) is 0 Å². The summed E-state index contributed by atoms with van der Waals surface area (Å²) in [5.74, 6) is 0.702. The molecule has 0 amide bonds. The average molecular weight is 397 g/mol. The van der Waals surface area contributed by atoms with Crippen molar-refractivity contribution in [2.45, 2.75) is 40.7 Å². The van der Waals surface area contributed by atoms with Crippen molar-refractivity contribution in [1.29, 1.82) is 0 Å². The SMILES string of the molecule is CCCn1c(C)nc2c(c1=O)c1nc3ccccc3nc1n2-c1cc(C)ccc1C. The average Bonchev–Trinajstić information content (AvgIpc) is 3.04. The van der Waals surface area contributed by atoms with Gasteiger partial charge in [-0.1, -0.05) is 31.2 Å². The molecule has 3 heterocycles. The van der Waals surface area contributed by atoms with Crippen molar-refractivity contribution in [3.05, 3.63) is 69.8 Å². The van der Waals surface area contributed by atoms with E-state index in [9.17, 15) is 4.79 Å². The van der Waals surface area contributed by atoms with Gasteiger partial charge in [-0.05, 0) is 56.5 Å². The van der Waals surface area contributed by atoms with Gasteiger partial charge in [0.1, 0.15) is 16.7 Å². The Morgan fingerprint density at radius 1 is 0.900 bits per heavy atom. The largest absolute Gasteiger partial charge is 0.296 e. The summed E-state index contributed by atoms with van der Waals surface area (Å²) in [7, 11) is 0. The molecule has 0 unspecified atom stereocenters. The lowest BCUT2D eigenvalue weighted by atomic mass is 10.1. The monoisotopic (exact) mass is 397 g/mol. The maximum Gasteiger partial charge on any atom is 0.265 e. The molecular formula is C24H23N5O. The van der Waals surface area contributed by atoms with Gasteiger partial charge in [0.25, 0.3) is 5.56 Å². The molecule has 0 fully saturated rings. The van der Waals surface area contributed by atoms with Crippen molar-refractivity contribution in [3.63, 3.8) is 0 Å². The first-order chi connectivity index (χ1) is 14.5. The first kappa shape index (κ1) is 18.5. The minimum atomic E-state index is -0.0574. The quantitative estimate of drug-likeness (QED) is 0.446. The van der Waals surface area contributed by atoms with E-state index in [-0.39, 0.29) is 5.56 Å². The molecule has 0 aliphatic rings. The molecule has 0 radical (unpaired) electrons. The van der Waals surface area contributed by atoms with E-state index in [4.69, 9.17) is 15.0 Å². The summed E-state index contributed by atoms with van der Waals surface area (Å²) < 4.78 is 3.74. The molecule has 0 spiro atoms. The third-order valence-corrected chi connectivity index (χ3v) is 5.61. The third kappa shape index (κ3) is 2.64. The van der Waals surface area contributed by atoms with Crippen LogP contribution >= 0.6 is 0 Å². The predicted octanol–water partition coefficient (Wildman–Crippen LogP) is 4.62. The van der Waals surface area contributed by atoms with Crippen molar-refractivity contribution < 1.29 is 0 Å². The summed E-state index contributed by atoms with van der Waals surface area (Å²) in [4.78, 5) is 28.2. The standard InChI is InChI=1S/C24H23N5O/c1-5-12-28-16(4)25-22-20(24(28)30)21-23(27-18-9-7-6-8-17(18)26-21)29(22)19-13-14(2)10-11-15(19)3/h6-11,13H,5,12H2,1-4H3. The molecule has 150 valence electrons. The summed E-state index contributed by atoms with van der Waals surface area (Å²) in [5, 5.41) is 0.531. The Hall–Kier alpha value is -3.54. The molecule has 6 nitrogen and oxygen atoms in total. The number of para-hydroxylation sites is 2. The van der Waals surface area contributed by atoms with Crippen LogP contribution in [0.3, 0.4) is 0 Å². The van der Waals surface area contributed by atoms with Gasteiger partial charge in [-0.25, -0.2) is 15.0 Å². The molecule has 2 aromatic carbocycles. The fourth-order valence-electron chi connectivity index (χ4n) is 4.11. The molecule has 3 aromatic heterocycles. The van der Waals surface area contributed by atoms with Crippen LogP contribution in [0.25, 0.3) is 38.9 Å². The fourth-order valence-corrected chi connectivity index (χ4v) is 4.11. The Labute approximate surface area is 173 Å². The van der Waals surface area contributed by atoms with E-state index < -0.39 is 0 Å². The van der Waals surface area contributed by atoms with Gasteiger partial charge in [0.05, 0.1) is 16.7 Å². The summed E-state index contributed by atoms with van der Waals surface area (Å²) in [5.41, 5.74) is 6.59. The molecule has 5 aromatic rings. The smallest absolute Gasteiger partial charge is 0.265 e. The van der Waals surface area contributed by atoms with Gasteiger partial charge in [0, 0.05) is 6.54 Å². The Balaban J connectivity index is 2.05. The van der Waals surface area contributed by atoms with Gasteiger partial charge >= 0.3 is 0 Å². The normalized spacial score (nSPS) is 11.7. The number of hydrogen-bond acceptors (Lipinski definition) is 4. The van der Waals surface area contributed by atoms with Crippen molar-refractivity contribution in [2.24, 2.45) is 0 Å². The molecule has 0 aliphatic heterocycles. The van der Waals surface area contributed by atoms with E-state index in [0.29, 0.717) is 34.6 Å². The third-order valence-electron chi connectivity index (χ3n) is 5.61. The second kappa shape index (κ2) is 6.76.